The molecule has 1 heterocycles. The summed E-state index contributed by atoms with van der Waals surface area (Å²) in [6.45, 7) is 0. The maximum absolute atomic E-state index is 13.8. The zero-order valence-corrected chi connectivity index (χ0v) is 10.8. The third-order valence-electron chi connectivity index (χ3n) is 2.90. The summed E-state index contributed by atoms with van der Waals surface area (Å²) in [6, 6.07) is 8.83. The van der Waals surface area contributed by atoms with Crippen LogP contribution < -0.4 is 5.32 Å². The molecule has 0 radical (unpaired) electrons. The molecular weight excluding hydrogens is 281 g/mol. The monoisotopic (exact) mass is 289 g/mol. The van der Waals surface area contributed by atoms with Crippen LogP contribution in [0.2, 0.25) is 0 Å². The molecule has 1 aliphatic heterocycles. The Hall–Kier alpha value is -2.34. The van der Waals surface area contributed by atoms with Crippen LogP contribution in [0.15, 0.2) is 46.2 Å². The van der Waals surface area contributed by atoms with Gasteiger partial charge in [0.15, 0.2) is 0 Å². The van der Waals surface area contributed by atoms with Crippen molar-refractivity contribution in [2.75, 3.05) is 5.32 Å². The number of hydrogen-bond acceptors (Lipinski definition) is 3. The van der Waals surface area contributed by atoms with Crippen LogP contribution in [0.1, 0.15) is 20.7 Å². The molecule has 0 unspecified atom stereocenters. The van der Waals surface area contributed by atoms with Crippen molar-refractivity contribution in [1.29, 1.82) is 0 Å². The van der Waals surface area contributed by atoms with Gasteiger partial charge in [0.05, 0.1) is 16.8 Å². The van der Waals surface area contributed by atoms with Crippen molar-refractivity contribution in [3.63, 3.8) is 0 Å². The molecule has 0 aliphatic carbocycles. The molecular formula is C14H8FNO3S. The van der Waals surface area contributed by atoms with E-state index in [0.717, 1.165) is 0 Å². The number of benzene rings is 2. The van der Waals surface area contributed by atoms with Crippen molar-refractivity contribution in [2.24, 2.45) is 0 Å². The number of rotatable bonds is 1. The molecule has 0 fully saturated rings. The van der Waals surface area contributed by atoms with E-state index in [1.807, 2.05) is 0 Å². The molecule has 1 amide bonds. The molecule has 0 saturated heterocycles. The molecule has 2 N–H and O–H groups in total. The Balaban J connectivity index is 2.14. The van der Waals surface area contributed by atoms with Gasteiger partial charge in [-0.25, -0.2) is 9.18 Å². The number of carbonyl (C=O) groups excluding carboxylic acids is 1. The van der Waals surface area contributed by atoms with E-state index in [0.29, 0.717) is 15.5 Å². The SMILES string of the molecule is O=C(O)c1ccc2c(c1)NC(=O)c1c(F)cccc1S2. The predicted molar refractivity (Wildman–Crippen MR) is 71.9 cm³/mol. The summed E-state index contributed by atoms with van der Waals surface area (Å²) in [5.74, 6) is -2.26. The Labute approximate surface area is 117 Å². The molecule has 3 rings (SSSR count). The molecule has 0 spiro atoms. The van der Waals surface area contributed by atoms with E-state index in [1.54, 1.807) is 12.1 Å². The van der Waals surface area contributed by atoms with Gasteiger partial charge in [-0.3, -0.25) is 4.79 Å². The number of halogens is 1. The van der Waals surface area contributed by atoms with E-state index in [2.05, 4.69) is 5.32 Å². The second-order valence-electron chi connectivity index (χ2n) is 4.19. The second-order valence-corrected chi connectivity index (χ2v) is 5.27. The van der Waals surface area contributed by atoms with Crippen LogP contribution >= 0.6 is 11.8 Å². The average Bonchev–Trinajstić information content (AvgIpc) is 2.54. The van der Waals surface area contributed by atoms with E-state index in [1.165, 1.54) is 36.0 Å². The van der Waals surface area contributed by atoms with Crippen LogP contribution in [0, 0.1) is 5.82 Å². The average molecular weight is 289 g/mol. The lowest BCUT2D eigenvalue weighted by atomic mass is 10.1. The fraction of sp³-hybridized carbons (Fsp3) is 0. The number of nitrogens with one attached hydrogen (secondary N) is 1. The molecule has 4 nitrogen and oxygen atoms in total. The van der Waals surface area contributed by atoms with Gasteiger partial charge in [0.25, 0.3) is 5.91 Å². The van der Waals surface area contributed by atoms with Crippen molar-refractivity contribution in [3.8, 4) is 0 Å². The first-order valence-electron chi connectivity index (χ1n) is 5.71. The lowest BCUT2D eigenvalue weighted by molar-refractivity contribution is 0.0696. The maximum Gasteiger partial charge on any atom is 0.335 e. The predicted octanol–water partition coefficient (Wildman–Crippen LogP) is 3.24. The van der Waals surface area contributed by atoms with Crippen molar-refractivity contribution >= 4 is 29.3 Å². The molecule has 20 heavy (non-hydrogen) atoms. The number of carboxylic acids is 1. The number of fused-ring (bicyclic) bond motifs is 2. The van der Waals surface area contributed by atoms with Gasteiger partial charge in [-0.05, 0) is 30.3 Å². The third kappa shape index (κ3) is 2.04. The summed E-state index contributed by atoms with van der Waals surface area (Å²) in [7, 11) is 0. The highest BCUT2D eigenvalue weighted by atomic mass is 32.2. The van der Waals surface area contributed by atoms with E-state index in [-0.39, 0.29) is 11.1 Å². The summed E-state index contributed by atoms with van der Waals surface area (Å²) in [6.07, 6.45) is 0. The van der Waals surface area contributed by atoms with Gasteiger partial charge in [0.1, 0.15) is 5.82 Å². The Morgan fingerprint density at radius 1 is 1.20 bits per heavy atom. The van der Waals surface area contributed by atoms with Crippen LogP contribution in [0.5, 0.6) is 0 Å². The highest BCUT2D eigenvalue weighted by Crippen LogP contribution is 2.39. The normalized spacial score (nSPS) is 12.9. The number of carbonyl (C=O) groups is 2. The van der Waals surface area contributed by atoms with Crippen LogP contribution in [-0.4, -0.2) is 17.0 Å². The minimum Gasteiger partial charge on any atom is -0.478 e. The van der Waals surface area contributed by atoms with Gasteiger partial charge in [-0.1, -0.05) is 17.8 Å². The summed E-state index contributed by atoms with van der Waals surface area (Å²) in [5.41, 5.74) is 0.414. The van der Waals surface area contributed by atoms with Gasteiger partial charge in [-0.15, -0.1) is 0 Å². The van der Waals surface area contributed by atoms with Crippen LogP contribution in [0.3, 0.4) is 0 Å². The lowest BCUT2D eigenvalue weighted by Gasteiger charge is -2.06. The molecule has 100 valence electrons. The first kappa shape index (κ1) is 12.7. The number of amides is 1. The number of aromatic carboxylic acids is 1. The van der Waals surface area contributed by atoms with E-state index >= 15 is 0 Å². The zero-order chi connectivity index (χ0) is 14.3. The fourth-order valence-corrected chi connectivity index (χ4v) is 2.99. The van der Waals surface area contributed by atoms with Gasteiger partial charge in [-0.2, -0.15) is 0 Å². The number of carboxylic acid groups (broad SMARTS) is 1. The van der Waals surface area contributed by atoms with E-state index < -0.39 is 17.7 Å². The largest absolute Gasteiger partial charge is 0.478 e. The van der Waals surface area contributed by atoms with Crippen molar-refractivity contribution in [1.82, 2.24) is 0 Å². The highest BCUT2D eigenvalue weighted by Gasteiger charge is 2.23. The minimum atomic E-state index is -1.08. The maximum atomic E-state index is 13.8. The summed E-state index contributed by atoms with van der Waals surface area (Å²) < 4.78 is 13.8. The van der Waals surface area contributed by atoms with E-state index in [4.69, 9.17) is 5.11 Å². The van der Waals surface area contributed by atoms with Crippen molar-refractivity contribution in [3.05, 3.63) is 53.3 Å². The number of anilines is 1. The van der Waals surface area contributed by atoms with Gasteiger partial charge in [0.2, 0.25) is 0 Å². The third-order valence-corrected chi connectivity index (χ3v) is 4.03. The topological polar surface area (TPSA) is 66.4 Å². The summed E-state index contributed by atoms with van der Waals surface area (Å²) in [4.78, 5) is 24.2. The van der Waals surface area contributed by atoms with Gasteiger partial charge >= 0.3 is 5.97 Å². The Morgan fingerprint density at radius 3 is 2.75 bits per heavy atom. The van der Waals surface area contributed by atoms with Crippen molar-refractivity contribution < 1.29 is 19.1 Å². The molecule has 0 saturated carbocycles. The van der Waals surface area contributed by atoms with Crippen LogP contribution in [-0.2, 0) is 0 Å². The van der Waals surface area contributed by atoms with Gasteiger partial charge < -0.3 is 10.4 Å². The summed E-state index contributed by atoms with van der Waals surface area (Å²) in [5, 5.41) is 11.5. The van der Waals surface area contributed by atoms with Crippen molar-refractivity contribution in [2.45, 2.75) is 9.79 Å². The Kier molecular flexibility index (Phi) is 2.94. The van der Waals surface area contributed by atoms with E-state index in [9.17, 15) is 14.0 Å². The fourth-order valence-electron chi connectivity index (χ4n) is 1.96. The number of hydrogen-bond donors (Lipinski definition) is 2. The molecule has 0 bridgehead atoms. The first-order valence-corrected chi connectivity index (χ1v) is 6.53. The molecule has 6 heteroatoms. The minimum absolute atomic E-state index is 0.0226. The smallest absolute Gasteiger partial charge is 0.335 e. The molecule has 2 aromatic carbocycles. The quantitative estimate of drug-likeness (QED) is 0.845. The van der Waals surface area contributed by atoms with Gasteiger partial charge in [0, 0.05) is 9.79 Å². The molecule has 2 aromatic rings. The molecule has 1 aliphatic rings. The lowest BCUT2D eigenvalue weighted by Crippen LogP contribution is -2.14. The molecule has 0 atom stereocenters. The van der Waals surface area contributed by atoms with Crippen LogP contribution in [0.4, 0.5) is 10.1 Å². The standard InChI is InChI=1S/C14H8FNO3S/c15-8-2-1-3-11-12(8)13(17)16-9-6-7(14(18)19)4-5-10(9)20-11/h1-6H,(H,16,17)(H,18,19). The zero-order valence-electron chi connectivity index (χ0n) is 10.0. The van der Waals surface area contributed by atoms with Crippen LogP contribution in [0.25, 0.3) is 0 Å². The highest BCUT2D eigenvalue weighted by molar-refractivity contribution is 7.99. The first-order chi connectivity index (χ1) is 9.56. The molecule has 0 aromatic heterocycles. The Bertz CT molecular complexity index is 745. The second kappa shape index (κ2) is 4.64. The Morgan fingerprint density at radius 2 is 2.00 bits per heavy atom. The summed E-state index contributed by atoms with van der Waals surface area (Å²) >= 11 is 1.23.